The van der Waals surface area contributed by atoms with E-state index in [-0.39, 0.29) is 16.8 Å². The molecule has 2 rings (SSSR count). The number of hydrogen-bond acceptors (Lipinski definition) is 3. The molecule has 0 bridgehead atoms. The fourth-order valence-corrected chi connectivity index (χ4v) is 4.38. The molecule has 134 valence electrons. The number of carbonyl (C=O) groups excluding carboxylic acids is 1. The number of aryl methyl sites for hydroxylation is 1. The van der Waals surface area contributed by atoms with Crippen LogP contribution in [-0.2, 0) is 10.0 Å². The van der Waals surface area contributed by atoms with Gasteiger partial charge < -0.3 is 5.32 Å². The maximum absolute atomic E-state index is 12.7. The van der Waals surface area contributed by atoms with Gasteiger partial charge in [0.05, 0.1) is 4.90 Å². The van der Waals surface area contributed by atoms with Gasteiger partial charge in [-0.1, -0.05) is 39.7 Å². The Hall–Kier alpha value is -1.40. The second-order valence-electron chi connectivity index (χ2n) is 6.83. The van der Waals surface area contributed by atoms with E-state index in [1.54, 1.807) is 13.0 Å². The molecule has 1 aliphatic carbocycles. The first-order chi connectivity index (χ1) is 11.3. The Morgan fingerprint density at radius 2 is 1.96 bits per heavy atom. The average Bonchev–Trinajstić information content (AvgIpc) is 2.52. The zero-order valence-corrected chi connectivity index (χ0v) is 15.7. The van der Waals surface area contributed by atoms with Crippen LogP contribution < -0.4 is 10.0 Å². The monoisotopic (exact) mass is 352 g/mol. The van der Waals surface area contributed by atoms with Gasteiger partial charge in [0.1, 0.15) is 0 Å². The summed E-state index contributed by atoms with van der Waals surface area (Å²) in [5, 5.41) is 3.11. The Labute approximate surface area is 145 Å². The molecule has 6 heteroatoms. The van der Waals surface area contributed by atoms with Crippen LogP contribution in [0, 0.1) is 18.8 Å². The molecule has 2 N–H and O–H groups in total. The van der Waals surface area contributed by atoms with Gasteiger partial charge in [-0.2, -0.15) is 0 Å². The van der Waals surface area contributed by atoms with E-state index < -0.39 is 10.0 Å². The summed E-state index contributed by atoms with van der Waals surface area (Å²) in [4.78, 5) is 12.8. The predicted octanol–water partition coefficient (Wildman–Crippen LogP) is 2.85. The number of benzene rings is 1. The van der Waals surface area contributed by atoms with E-state index in [0.29, 0.717) is 23.9 Å². The minimum Gasteiger partial charge on any atom is -0.349 e. The highest BCUT2D eigenvalue weighted by Crippen LogP contribution is 2.29. The molecular formula is C18H28N2O3S. The van der Waals surface area contributed by atoms with E-state index in [1.807, 2.05) is 6.92 Å². The van der Waals surface area contributed by atoms with Crippen molar-refractivity contribution >= 4 is 15.9 Å². The number of sulfonamides is 1. The summed E-state index contributed by atoms with van der Waals surface area (Å²) in [7, 11) is -3.57. The Bertz CT molecular complexity index is 700. The lowest BCUT2D eigenvalue weighted by Gasteiger charge is -2.34. The normalized spacial score (nSPS) is 24.6. The van der Waals surface area contributed by atoms with Crippen LogP contribution in [0.2, 0.25) is 0 Å². The highest BCUT2D eigenvalue weighted by atomic mass is 32.2. The quantitative estimate of drug-likeness (QED) is 0.855. The largest absolute Gasteiger partial charge is 0.349 e. The molecule has 0 heterocycles. The Balaban J connectivity index is 2.23. The van der Waals surface area contributed by atoms with Gasteiger partial charge in [0.25, 0.3) is 5.91 Å². The smallest absolute Gasteiger partial charge is 0.251 e. The van der Waals surface area contributed by atoms with E-state index in [0.717, 1.165) is 18.4 Å². The lowest BCUT2D eigenvalue weighted by molar-refractivity contribution is 0.0890. The van der Waals surface area contributed by atoms with Crippen molar-refractivity contribution in [1.29, 1.82) is 0 Å². The van der Waals surface area contributed by atoms with Gasteiger partial charge in [-0.05, 0) is 42.9 Å². The molecule has 1 saturated carbocycles. The Kier molecular flexibility index (Phi) is 6.04. The summed E-state index contributed by atoms with van der Waals surface area (Å²) in [6.45, 7) is 8.26. The van der Waals surface area contributed by atoms with Gasteiger partial charge in [0, 0.05) is 18.2 Å². The fraction of sp³-hybridized carbons (Fsp3) is 0.611. The van der Waals surface area contributed by atoms with Crippen LogP contribution >= 0.6 is 0 Å². The van der Waals surface area contributed by atoms with Crippen molar-refractivity contribution in [2.75, 3.05) is 6.54 Å². The molecular weight excluding hydrogens is 324 g/mol. The van der Waals surface area contributed by atoms with Gasteiger partial charge in [-0.15, -0.1) is 0 Å². The maximum Gasteiger partial charge on any atom is 0.251 e. The lowest BCUT2D eigenvalue weighted by Crippen LogP contribution is -2.43. The molecule has 0 radical (unpaired) electrons. The SMILES string of the molecule is CCNS(=O)(=O)c1ccc(C)c(C(=O)NC2CCCC(C)C2C)c1. The first-order valence-corrected chi connectivity index (χ1v) is 10.2. The Morgan fingerprint density at radius 1 is 1.25 bits per heavy atom. The van der Waals surface area contributed by atoms with Crippen LogP contribution in [0.5, 0.6) is 0 Å². The van der Waals surface area contributed by atoms with Crippen molar-refractivity contribution in [1.82, 2.24) is 10.0 Å². The third-order valence-corrected chi connectivity index (χ3v) is 6.66. The molecule has 24 heavy (non-hydrogen) atoms. The minimum absolute atomic E-state index is 0.130. The van der Waals surface area contributed by atoms with E-state index in [9.17, 15) is 13.2 Å². The first-order valence-electron chi connectivity index (χ1n) is 8.67. The lowest BCUT2D eigenvalue weighted by atomic mass is 9.78. The number of nitrogens with one attached hydrogen (secondary N) is 2. The molecule has 0 aromatic heterocycles. The number of carbonyl (C=O) groups is 1. The average molecular weight is 353 g/mol. The number of hydrogen-bond donors (Lipinski definition) is 2. The minimum atomic E-state index is -3.57. The van der Waals surface area contributed by atoms with Gasteiger partial charge in [0.2, 0.25) is 10.0 Å². The standard InChI is InChI=1S/C18H28N2O3S/c1-5-19-24(22,23)15-10-9-13(3)16(11-15)18(21)20-17-8-6-7-12(2)14(17)4/h9-12,14,17,19H,5-8H2,1-4H3,(H,20,21). The molecule has 0 saturated heterocycles. The van der Waals surface area contributed by atoms with E-state index in [4.69, 9.17) is 0 Å². The predicted molar refractivity (Wildman–Crippen MR) is 95.5 cm³/mol. The van der Waals surface area contributed by atoms with Crippen molar-refractivity contribution in [2.24, 2.45) is 11.8 Å². The van der Waals surface area contributed by atoms with E-state index in [1.165, 1.54) is 18.6 Å². The van der Waals surface area contributed by atoms with Crippen LogP contribution in [0.15, 0.2) is 23.1 Å². The van der Waals surface area contributed by atoms with Gasteiger partial charge >= 0.3 is 0 Å². The highest BCUT2D eigenvalue weighted by Gasteiger charge is 2.29. The van der Waals surface area contributed by atoms with Gasteiger partial charge in [-0.3, -0.25) is 4.79 Å². The van der Waals surface area contributed by atoms with E-state index >= 15 is 0 Å². The van der Waals surface area contributed by atoms with Crippen molar-refractivity contribution in [3.8, 4) is 0 Å². The molecule has 0 aliphatic heterocycles. The van der Waals surface area contributed by atoms with Gasteiger partial charge in [-0.25, -0.2) is 13.1 Å². The summed E-state index contributed by atoms with van der Waals surface area (Å²) in [6.07, 6.45) is 3.29. The van der Waals surface area contributed by atoms with Crippen LogP contribution in [0.1, 0.15) is 56.0 Å². The number of rotatable bonds is 5. The molecule has 1 aromatic rings. The second-order valence-corrected chi connectivity index (χ2v) is 8.59. The summed E-state index contributed by atoms with van der Waals surface area (Å²) < 4.78 is 26.8. The van der Waals surface area contributed by atoms with Crippen LogP contribution in [0.4, 0.5) is 0 Å². The molecule has 5 nitrogen and oxygen atoms in total. The van der Waals surface area contributed by atoms with Crippen LogP contribution in [0.25, 0.3) is 0 Å². The molecule has 3 unspecified atom stereocenters. The zero-order chi connectivity index (χ0) is 17.9. The van der Waals surface area contributed by atoms with Crippen molar-refractivity contribution < 1.29 is 13.2 Å². The topological polar surface area (TPSA) is 75.3 Å². The summed E-state index contributed by atoms with van der Waals surface area (Å²) in [5.41, 5.74) is 1.21. The van der Waals surface area contributed by atoms with Crippen molar-refractivity contribution in [3.05, 3.63) is 29.3 Å². The summed E-state index contributed by atoms with van der Waals surface area (Å²) >= 11 is 0. The molecule has 1 amide bonds. The highest BCUT2D eigenvalue weighted by molar-refractivity contribution is 7.89. The third-order valence-electron chi connectivity index (χ3n) is 5.12. The molecule has 3 atom stereocenters. The summed E-state index contributed by atoms with van der Waals surface area (Å²) in [5.74, 6) is 0.828. The van der Waals surface area contributed by atoms with Gasteiger partial charge in [0.15, 0.2) is 0 Å². The van der Waals surface area contributed by atoms with Crippen LogP contribution in [0.3, 0.4) is 0 Å². The third kappa shape index (κ3) is 4.16. The molecule has 1 aromatic carbocycles. The molecule has 1 aliphatic rings. The Morgan fingerprint density at radius 3 is 2.62 bits per heavy atom. The maximum atomic E-state index is 12.7. The summed E-state index contributed by atoms with van der Waals surface area (Å²) in [6, 6.07) is 4.84. The number of amides is 1. The molecule has 0 spiro atoms. The first kappa shape index (κ1) is 18.9. The molecule has 1 fully saturated rings. The van der Waals surface area contributed by atoms with Crippen molar-refractivity contribution in [3.63, 3.8) is 0 Å². The fourth-order valence-electron chi connectivity index (χ4n) is 3.32. The second kappa shape index (κ2) is 7.66. The zero-order valence-electron chi connectivity index (χ0n) is 14.9. The van der Waals surface area contributed by atoms with E-state index in [2.05, 4.69) is 23.9 Å². The van der Waals surface area contributed by atoms with Crippen LogP contribution in [-0.4, -0.2) is 26.9 Å². The van der Waals surface area contributed by atoms with Crippen molar-refractivity contribution in [2.45, 2.75) is 57.9 Å².